The van der Waals surface area contributed by atoms with Crippen LogP contribution in [-0.2, 0) is 4.79 Å². The molecule has 0 unspecified atom stereocenters. The highest BCUT2D eigenvalue weighted by atomic mass is 127. The van der Waals surface area contributed by atoms with Crippen LogP contribution in [-0.4, -0.2) is 42.9 Å². The van der Waals surface area contributed by atoms with Crippen LogP contribution in [0.4, 0.5) is 0 Å². The van der Waals surface area contributed by atoms with E-state index in [0.717, 1.165) is 26.1 Å². The molecular weight excluding hydrogens is 343 g/mol. The summed E-state index contributed by atoms with van der Waals surface area (Å²) in [4.78, 5) is 17.7. The average Bonchev–Trinajstić information content (AvgIpc) is 2.37. The largest absolute Gasteiger partial charge is 0.370 e. The molecule has 1 amide bonds. The SMILES string of the molecule is CCCNC(=O)CCN=C(N)N1CCCCC1.I. The van der Waals surface area contributed by atoms with Gasteiger partial charge in [0.25, 0.3) is 0 Å². The quantitative estimate of drug-likeness (QED) is 0.437. The fourth-order valence-electron chi connectivity index (χ4n) is 1.85. The molecule has 0 bridgehead atoms. The minimum atomic E-state index is 0. The predicted octanol–water partition coefficient (Wildman–Crippen LogP) is 1.32. The number of guanidine groups is 1. The molecular formula is C12H25IN4O. The number of nitrogens with zero attached hydrogens (tertiary/aromatic N) is 2. The van der Waals surface area contributed by atoms with E-state index < -0.39 is 0 Å². The Morgan fingerprint density at radius 3 is 2.61 bits per heavy atom. The Bertz CT molecular complexity index is 265. The number of halogens is 1. The number of nitrogens with one attached hydrogen (secondary N) is 1. The van der Waals surface area contributed by atoms with Gasteiger partial charge in [-0.3, -0.25) is 9.79 Å². The molecule has 1 aliphatic heterocycles. The van der Waals surface area contributed by atoms with Crippen LogP contribution >= 0.6 is 24.0 Å². The number of carbonyl (C=O) groups is 1. The molecule has 0 aromatic heterocycles. The van der Waals surface area contributed by atoms with E-state index >= 15 is 0 Å². The summed E-state index contributed by atoms with van der Waals surface area (Å²) >= 11 is 0. The molecule has 106 valence electrons. The molecule has 1 rings (SSSR count). The molecule has 3 N–H and O–H groups in total. The van der Waals surface area contributed by atoms with E-state index in [9.17, 15) is 4.79 Å². The van der Waals surface area contributed by atoms with Gasteiger partial charge in [0, 0.05) is 26.1 Å². The maximum atomic E-state index is 11.3. The van der Waals surface area contributed by atoms with E-state index in [4.69, 9.17) is 5.73 Å². The van der Waals surface area contributed by atoms with Gasteiger partial charge in [0.2, 0.25) is 5.91 Å². The Balaban J connectivity index is 0.00000289. The molecule has 18 heavy (non-hydrogen) atoms. The highest BCUT2D eigenvalue weighted by molar-refractivity contribution is 14.0. The van der Waals surface area contributed by atoms with Crippen LogP contribution in [0.1, 0.15) is 39.0 Å². The van der Waals surface area contributed by atoms with Crippen LogP contribution in [0, 0.1) is 0 Å². The first-order chi connectivity index (χ1) is 8.24. The van der Waals surface area contributed by atoms with E-state index in [1.54, 1.807) is 0 Å². The maximum absolute atomic E-state index is 11.3. The number of likely N-dealkylation sites (tertiary alicyclic amines) is 1. The molecule has 1 fully saturated rings. The van der Waals surface area contributed by atoms with Gasteiger partial charge in [0.15, 0.2) is 5.96 Å². The number of hydrogen-bond donors (Lipinski definition) is 2. The van der Waals surface area contributed by atoms with Crippen LogP contribution < -0.4 is 11.1 Å². The minimum Gasteiger partial charge on any atom is -0.370 e. The third-order valence-corrected chi connectivity index (χ3v) is 2.86. The van der Waals surface area contributed by atoms with Crippen LogP contribution in [0.3, 0.4) is 0 Å². The van der Waals surface area contributed by atoms with E-state index in [1.165, 1.54) is 19.3 Å². The number of piperidine rings is 1. The monoisotopic (exact) mass is 368 g/mol. The number of aliphatic imine (C=N–C) groups is 1. The minimum absolute atomic E-state index is 0. The first-order valence-electron chi connectivity index (χ1n) is 6.55. The molecule has 0 aromatic carbocycles. The summed E-state index contributed by atoms with van der Waals surface area (Å²) in [6.45, 7) is 5.25. The van der Waals surface area contributed by atoms with Gasteiger partial charge in [-0.2, -0.15) is 0 Å². The lowest BCUT2D eigenvalue weighted by Gasteiger charge is -2.27. The van der Waals surface area contributed by atoms with E-state index in [0.29, 0.717) is 18.9 Å². The summed E-state index contributed by atoms with van der Waals surface area (Å²) in [6, 6.07) is 0. The molecule has 0 aliphatic carbocycles. The third kappa shape index (κ3) is 7.03. The second kappa shape index (κ2) is 10.4. The molecule has 0 radical (unpaired) electrons. The lowest BCUT2D eigenvalue weighted by molar-refractivity contribution is -0.120. The number of carbonyl (C=O) groups excluding carboxylic acids is 1. The number of amides is 1. The topological polar surface area (TPSA) is 70.7 Å². The first-order valence-corrected chi connectivity index (χ1v) is 6.55. The van der Waals surface area contributed by atoms with Crippen molar-refractivity contribution in [3.63, 3.8) is 0 Å². The lowest BCUT2D eigenvalue weighted by atomic mass is 10.1. The third-order valence-electron chi connectivity index (χ3n) is 2.86. The number of hydrogen-bond acceptors (Lipinski definition) is 2. The fraction of sp³-hybridized carbons (Fsp3) is 0.833. The van der Waals surface area contributed by atoms with Crippen molar-refractivity contribution >= 4 is 35.8 Å². The smallest absolute Gasteiger partial charge is 0.221 e. The summed E-state index contributed by atoms with van der Waals surface area (Å²) < 4.78 is 0. The Kier molecular flexibility index (Phi) is 10.1. The van der Waals surface area contributed by atoms with Crippen molar-refractivity contribution in [1.29, 1.82) is 0 Å². The van der Waals surface area contributed by atoms with Crippen molar-refractivity contribution in [1.82, 2.24) is 10.2 Å². The van der Waals surface area contributed by atoms with Crippen molar-refractivity contribution in [3.05, 3.63) is 0 Å². The number of nitrogens with two attached hydrogens (primary N) is 1. The number of rotatable bonds is 5. The van der Waals surface area contributed by atoms with E-state index in [-0.39, 0.29) is 29.9 Å². The molecule has 0 atom stereocenters. The predicted molar refractivity (Wildman–Crippen MR) is 85.2 cm³/mol. The van der Waals surface area contributed by atoms with Crippen molar-refractivity contribution in [3.8, 4) is 0 Å². The summed E-state index contributed by atoms with van der Waals surface area (Å²) in [5, 5.41) is 2.82. The van der Waals surface area contributed by atoms with Crippen LogP contribution in [0.15, 0.2) is 4.99 Å². The molecule has 5 nitrogen and oxygen atoms in total. The molecule has 1 saturated heterocycles. The highest BCUT2D eigenvalue weighted by Crippen LogP contribution is 2.07. The fourth-order valence-corrected chi connectivity index (χ4v) is 1.85. The summed E-state index contributed by atoms with van der Waals surface area (Å²) in [5.41, 5.74) is 5.88. The zero-order chi connectivity index (χ0) is 12.5. The lowest BCUT2D eigenvalue weighted by Crippen LogP contribution is -2.41. The van der Waals surface area contributed by atoms with Gasteiger partial charge >= 0.3 is 0 Å². The van der Waals surface area contributed by atoms with Gasteiger partial charge in [-0.1, -0.05) is 6.92 Å². The maximum Gasteiger partial charge on any atom is 0.221 e. The molecule has 0 aromatic rings. The molecule has 0 spiro atoms. The van der Waals surface area contributed by atoms with Gasteiger partial charge in [-0.05, 0) is 25.7 Å². The van der Waals surface area contributed by atoms with E-state index in [1.807, 2.05) is 6.92 Å². The van der Waals surface area contributed by atoms with Crippen molar-refractivity contribution in [2.75, 3.05) is 26.2 Å². The molecule has 1 aliphatic rings. The Labute approximate surface area is 127 Å². The van der Waals surface area contributed by atoms with Gasteiger partial charge in [0.05, 0.1) is 6.54 Å². The standard InChI is InChI=1S/C12H24N4O.HI/c1-2-7-14-11(17)6-8-15-12(13)16-9-4-3-5-10-16;/h2-10H2,1H3,(H2,13,15)(H,14,17);1H. The zero-order valence-electron chi connectivity index (χ0n) is 11.2. The average molecular weight is 368 g/mol. The second-order valence-electron chi connectivity index (χ2n) is 4.39. The van der Waals surface area contributed by atoms with Crippen LogP contribution in [0.2, 0.25) is 0 Å². The summed E-state index contributed by atoms with van der Waals surface area (Å²) in [6.07, 6.45) is 5.04. The molecule has 0 saturated carbocycles. The Morgan fingerprint density at radius 2 is 2.00 bits per heavy atom. The Hall–Kier alpha value is -0.530. The zero-order valence-corrected chi connectivity index (χ0v) is 13.5. The molecule has 6 heteroatoms. The summed E-state index contributed by atoms with van der Waals surface area (Å²) in [5.74, 6) is 0.648. The highest BCUT2D eigenvalue weighted by Gasteiger charge is 2.11. The van der Waals surface area contributed by atoms with Gasteiger partial charge in [-0.25, -0.2) is 0 Å². The second-order valence-corrected chi connectivity index (χ2v) is 4.39. The summed E-state index contributed by atoms with van der Waals surface area (Å²) in [7, 11) is 0. The van der Waals surface area contributed by atoms with Crippen LogP contribution in [0.5, 0.6) is 0 Å². The van der Waals surface area contributed by atoms with Gasteiger partial charge in [0.1, 0.15) is 0 Å². The molecule has 1 heterocycles. The Morgan fingerprint density at radius 1 is 1.33 bits per heavy atom. The van der Waals surface area contributed by atoms with Crippen molar-refractivity contribution < 1.29 is 4.79 Å². The van der Waals surface area contributed by atoms with Gasteiger partial charge < -0.3 is 16.0 Å². The van der Waals surface area contributed by atoms with Crippen LogP contribution in [0.25, 0.3) is 0 Å². The normalized spacial score (nSPS) is 16.1. The van der Waals surface area contributed by atoms with Crippen molar-refractivity contribution in [2.45, 2.75) is 39.0 Å². The first kappa shape index (κ1) is 17.5. The van der Waals surface area contributed by atoms with Gasteiger partial charge in [-0.15, -0.1) is 24.0 Å². The van der Waals surface area contributed by atoms with E-state index in [2.05, 4.69) is 15.2 Å². The van der Waals surface area contributed by atoms with Crippen molar-refractivity contribution in [2.24, 2.45) is 10.7 Å².